The Labute approximate surface area is 95.0 Å². The molecule has 0 radical (unpaired) electrons. The lowest BCUT2D eigenvalue weighted by atomic mass is 9.97. The molecule has 0 heterocycles. The second-order valence-corrected chi connectivity index (χ2v) is 4.53. The SMILES string of the molecule is CC(C)c1cc(OC2CC2)ccc1C(=O)O. The average Bonchev–Trinajstić information content (AvgIpc) is 3.01. The van der Waals surface area contributed by atoms with Crippen molar-refractivity contribution in [2.24, 2.45) is 0 Å². The third-order valence-electron chi connectivity index (χ3n) is 2.70. The van der Waals surface area contributed by atoms with Crippen LogP contribution in [0.3, 0.4) is 0 Å². The molecule has 1 aliphatic rings. The maximum absolute atomic E-state index is 11.0. The molecule has 0 aliphatic heterocycles. The highest BCUT2D eigenvalue weighted by Crippen LogP contribution is 2.30. The molecule has 0 atom stereocenters. The molecule has 1 aromatic rings. The van der Waals surface area contributed by atoms with Crippen LogP contribution in [0, 0.1) is 0 Å². The molecule has 16 heavy (non-hydrogen) atoms. The minimum atomic E-state index is -0.873. The predicted octanol–water partition coefficient (Wildman–Crippen LogP) is 3.05. The number of rotatable bonds is 4. The zero-order valence-electron chi connectivity index (χ0n) is 9.56. The van der Waals surface area contributed by atoms with Gasteiger partial charge in [0.05, 0.1) is 11.7 Å². The number of hydrogen-bond acceptors (Lipinski definition) is 2. The third kappa shape index (κ3) is 2.35. The van der Waals surface area contributed by atoms with Gasteiger partial charge in [-0.3, -0.25) is 0 Å². The van der Waals surface area contributed by atoms with Gasteiger partial charge in [0, 0.05) is 0 Å². The van der Waals surface area contributed by atoms with Crippen molar-refractivity contribution >= 4 is 5.97 Å². The van der Waals surface area contributed by atoms with Gasteiger partial charge in [0.2, 0.25) is 0 Å². The fraction of sp³-hybridized carbons (Fsp3) is 0.462. The van der Waals surface area contributed by atoms with Crippen LogP contribution < -0.4 is 4.74 Å². The Morgan fingerprint density at radius 1 is 1.44 bits per heavy atom. The van der Waals surface area contributed by atoms with E-state index in [1.807, 2.05) is 19.9 Å². The first-order valence-electron chi connectivity index (χ1n) is 5.62. The normalized spacial score (nSPS) is 15.2. The van der Waals surface area contributed by atoms with Gasteiger partial charge in [-0.15, -0.1) is 0 Å². The Hall–Kier alpha value is -1.51. The second kappa shape index (κ2) is 4.16. The second-order valence-electron chi connectivity index (χ2n) is 4.53. The minimum Gasteiger partial charge on any atom is -0.490 e. The van der Waals surface area contributed by atoms with E-state index < -0.39 is 5.97 Å². The van der Waals surface area contributed by atoms with Crippen LogP contribution >= 0.6 is 0 Å². The molecular formula is C13H16O3. The summed E-state index contributed by atoms with van der Waals surface area (Å²) in [6.45, 7) is 3.98. The molecule has 0 spiro atoms. The lowest BCUT2D eigenvalue weighted by Gasteiger charge is -2.12. The first-order chi connectivity index (χ1) is 7.58. The fourth-order valence-corrected chi connectivity index (χ4v) is 1.66. The Kier molecular flexibility index (Phi) is 2.86. The van der Waals surface area contributed by atoms with Crippen LogP contribution in [0.4, 0.5) is 0 Å². The van der Waals surface area contributed by atoms with Crippen LogP contribution in [0.2, 0.25) is 0 Å². The molecule has 2 rings (SSSR count). The zero-order chi connectivity index (χ0) is 11.7. The van der Waals surface area contributed by atoms with E-state index in [2.05, 4.69) is 0 Å². The van der Waals surface area contributed by atoms with Crippen molar-refractivity contribution in [2.45, 2.75) is 38.7 Å². The highest BCUT2D eigenvalue weighted by molar-refractivity contribution is 5.89. The van der Waals surface area contributed by atoms with Gasteiger partial charge in [-0.05, 0) is 42.5 Å². The molecule has 3 nitrogen and oxygen atoms in total. The summed E-state index contributed by atoms with van der Waals surface area (Å²) < 4.78 is 5.66. The molecular weight excluding hydrogens is 204 g/mol. The maximum Gasteiger partial charge on any atom is 0.335 e. The van der Waals surface area contributed by atoms with E-state index in [4.69, 9.17) is 9.84 Å². The molecule has 1 saturated carbocycles. The Morgan fingerprint density at radius 3 is 2.62 bits per heavy atom. The predicted molar refractivity (Wildman–Crippen MR) is 61.1 cm³/mol. The lowest BCUT2D eigenvalue weighted by molar-refractivity contribution is 0.0695. The van der Waals surface area contributed by atoms with Crippen LogP contribution in [0.5, 0.6) is 5.75 Å². The number of ether oxygens (including phenoxy) is 1. The highest BCUT2D eigenvalue weighted by atomic mass is 16.5. The summed E-state index contributed by atoms with van der Waals surface area (Å²) in [6.07, 6.45) is 2.56. The van der Waals surface area contributed by atoms with Crippen molar-refractivity contribution in [3.8, 4) is 5.75 Å². The van der Waals surface area contributed by atoms with Crippen LogP contribution in [0.25, 0.3) is 0 Å². The monoisotopic (exact) mass is 220 g/mol. The van der Waals surface area contributed by atoms with Crippen LogP contribution in [0.1, 0.15) is 48.5 Å². The van der Waals surface area contributed by atoms with Gasteiger partial charge in [-0.25, -0.2) is 4.79 Å². The van der Waals surface area contributed by atoms with Crippen LogP contribution in [-0.2, 0) is 0 Å². The number of carbonyl (C=O) groups is 1. The Morgan fingerprint density at radius 2 is 2.12 bits per heavy atom. The molecule has 0 aromatic heterocycles. The maximum atomic E-state index is 11.0. The van der Waals surface area contributed by atoms with Crippen molar-refractivity contribution in [1.82, 2.24) is 0 Å². The van der Waals surface area contributed by atoms with E-state index in [-0.39, 0.29) is 5.92 Å². The van der Waals surface area contributed by atoms with Crippen LogP contribution in [-0.4, -0.2) is 17.2 Å². The van der Waals surface area contributed by atoms with Gasteiger partial charge in [0.25, 0.3) is 0 Å². The van der Waals surface area contributed by atoms with Crippen LogP contribution in [0.15, 0.2) is 18.2 Å². The third-order valence-corrected chi connectivity index (χ3v) is 2.70. The van der Waals surface area contributed by atoms with E-state index in [0.29, 0.717) is 11.7 Å². The topological polar surface area (TPSA) is 46.5 Å². The molecule has 1 N–H and O–H groups in total. The van der Waals surface area contributed by atoms with Gasteiger partial charge < -0.3 is 9.84 Å². The molecule has 1 aromatic carbocycles. The highest BCUT2D eigenvalue weighted by Gasteiger charge is 2.24. The van der Waals surface area contributed by atoms with Gasteiger partial charge in [-0.1, -0.05) is 13.8 Å². The zero-order valence-corrected chi connectivity index (χ0v) is 9.56. The quantitative estimate of drug-likeness (QED) is 0.848. The Bertz CT molecular complexity index is 406. The van der Waals surface area contributed by atoms with Gasteiger partial charge in [0.15, 0.2) is 0 Å². The summed E-state index contributed by atoms with van der Waals surface area (Å²) in [4.78, 5) is 11.0. The van der Waals surface area contributed by atoms with Crippen molar-refractivity contribution in [3.05, 3.63) is 29.3 Å². The van der Waals surface area contributed by atoms with Crippen molar-refractivity contribution < 1.29 is 14.6 Å². The number of aromatic carboxylic acids is 1. The standard InChI is InChI=1S/C13H16O3/c1-8(2)12-7-10(16-9-3-4-9)5-6-11(12)13(14)15/h5-9H,3-4H2,1-2H3,(H,14,15). The smallest absolute Gasteiger partial charge is 0.335 e. The largest absolute Gasteiger partial charge is 0.490 e. The summed E-state index contributed by atoms with van der Waals surface area (Å²) in [7, 11) is 0. The summed E-state index contributed by atoms with van der Waals surface area (Å²) in [5.41, 5.74) is 1.21. The number of carboxylic acid groups (broad SMARTS) is 1. The molecule has 1 aliphatic carbocycles. The summed E-state index contributed by atoms with van der Waals surface area (Å²) >= 11 is 0. The number of carboxylic acids is 1. The van der Waals surface area contributed by atoms with E-state index in [1.54, 1.807) is 12.1 Å². The lowest BCUT2D eigenvalue weighted by Crippen LogP contribution is -2.05. The van der Waals surface area contributed by atoms with E-state index in [1.165, 1.54) is 0 Å². The number of hydrogen-bond donors (Lipinski definition) is 1. The molecule has 1 fully saturated rings. The first kappa shape index (κ1) is 11.0. The van der Waals surface area contributed by atoms with Gasteiger partial charge in [-0.2, -0.15) is 0 Å². The minimum absolute atomic E-state index is 0.189. The Balaban J connectivity index is 2.30. The van der Waals surface area contributed by atoms with E-state index in [9.17, 15) is 4.79 Å². The molecule has 86 valence electrons. The van der Waals surface area contributed by atoms with Crippen molar-refractivity contribution in [1.29, 1.82) is 0 Å². The van der Waals surface area contributed by atoms with Gasteiger partial charge in [0.1, 0.15) is 5.75 Å². The number of benzene rings is 1. The summed E-state index contributed by atoms with van der Waals surface area (Å²) in [6, 6.07) is 5.23. The summed E-state index contributed by atoms with van der Waals surface area (Å²) in [5, 5.41) is 9.06. The fourth-order valence-electron chi connectivity index (χ4n) is 1.66. The summed E-state index contributed by atoms with van der Waals surface area (Å²) in [5.74, 6) is 0.103. The molecule has 0 saturated heterocycles. The molecule has 0 unspecified atom stereocenters. The first-order valence-corrected chi connectivity index (χ1v) is 5.62. The molecule has 0 amide bonds. The molecule has 3 heteroatoms. The van der Waals surface area contributed by atoms with Gasteiger partial charge >= 0.3 is 5.97 Å². The molecule has 0 bridgehead atoms. The van der Waals surface area contributed by atoms with Crippen molar-refractivity contribution in [3.63, 3.8) is 0 Å². The average molecular weight is 220 g/mol. The van der Waals surface area contributed by atoms with Crippen molar-refractivity contribution in [2.75, 3.05) is 0 Å². The van der Waals surface area contributed by atoms with E-state index in [0.717, 1.165) is 24.2 Å². The van der Waals surface area contributed by atoms with E-state index >= 15 is 0 Å².